The highest BCUT2D eigenvalue weighted by Crippen LogP contribution is 2.08. The van der Waals surface area contributed by atoms with Crippen LogP contribution in [-0.4, -0.2) is 60.3 Å². The largest absolute Gasteiger partial charge is 0.481 e. The first kappa shape index (κ1) is 15.9. The quantitative estimate of drug-likeness (QED) is 0.704. The molecular formula is C13H24N2O4. The Bertz CT molecular complexity index is 309. The van der Waals surface area contributed by atoms with Crippen LogP contribution in [0.25, 0.3) is 0 Å². The van der Waals surface area contributed by atoms with Gasteiger partial charge in [-0.2, -0.15) is 0 Å². The minimum Gasteiger partial charge on any atom is -0.481 e. The molecule has 0 bridgehead atoms. The van der Waals surface area contributed by atoms with Gasteiger partial charge in [0.15, 0.2) is 0 Å². The van der Waals surface area contributed by atoms with E-state index < -0.39 is 5.97 Å². The molecule has 1 fully saturated rings. The van der Waals surface area contributed by atoms with E-state index in [1.54, 1.807) is 0 Å². The zero-order valence-electron chi connectivity index (χ0n) is 11.7. The van der Waals surface area contributed by atoms with Crippen molar-refractivity contribution in [2.24, 2.45) is 0 Å². The van der Waals surface area contributed by atoms with Crippen molar-refractivity contribution in [2.45, 2.75) is 45.3 Å². The van der Waals surface area contributed by atoms with Crippen LogP contribution in [-0.2, 0) is 14.3 Å². The van der Waals surface area contributed by atoms with Gasteiger partial charge in [0.05, 0.1) is 25.7 Å². The first-order chi connectivity index (χ1) is 9.01. The van der Waals surface area contributed by atoms with Crippen LogP contribution in [0.1, 0.15) is 33.1 Å². The summed E-state index contributed by atoms with van der Waals surface area (Å²) in [5.74, 6) is -0.871. The number of amides is 1. The van der Waals surface area contributed by atoms with Crippen molar-refractivity contribution in [3.05, 3.63) is 0 Å². The molecule has 0 aliphatic carbocycles. The summed E-state index contributed by atoms with van der Waals surface area (Å²) in [5, 5.41) is 11.7. The molecule has 1 aliphatic rings. The fraction of sp³-hybridized carbons (Fsp3) is 0.846. The molecule has 0 aromatic heterocycles. The molecule has 0 spiro atoms. The first-order valence-corrected chi connectivity index (χ1v) is 6.86. The van der Waals surface area contributed by atoms with E-state index in [1.165, 1.54) is 0 Å². The molecule has 1 rings (SSSR count). The number of hydrogen-bond acceptors (Lipinski definition) is 4. The number of carbonyl (C=O) groups is 2. The summed E-state index contributed by atoms with van der Waals surface area (Å²) >= 11 is 0. The Morgan fingerprint density at radius 1 is 1.53 bits per heavy atom. The fourth-order valence-corrected chi connectivity index (χ4v) is 2.27. The highest BCUT2D eigenvalue weighted by molar-refractivity contribution is 5.78. The average Bonchev–Trinajstić information content (AvgIpc) is 2.28. The minimum atomic E-state index is -0.868. The lowest BCUT2D eigenvalue weighted by Crippen LogP contribution is -2.48. The number of nitrogens with zero attached hydrogens (tertiary/aromatic N) is 1. The molecule has 2 atom stereocenters. The molecule has 19 heavy (non-hydrogen) atoms. The van der Waals surface area contributed by atoms with Crippen LogP contribution in [0, 0.1) is 0 Å². The Morgan fingerprint density at radius 2 is 2.26 bits per heavy atom. The van der Waals surface area contributed by atoms with E-state index >= 15 is 0 Å². The number of morpholine rings is 1. The predicted octanol–water partition coefficient (Wildman–Crippen LogP) is 0.467. The molecule has 110 valence electrons. The lowest BCUT2D eigenvalue weighted by Gasteiger charge is -2.32. The van der Waals surface area contributed by atoms with E-state index in [0.717, 1.165) is 12.8 Å². The maximum Gasteiger partial charge on any atom is 0.306 e. The van der Waals surface area contributed by atoms with Crippen molar-refractivity contribution in [2.75, 3.05) is 26.2 Å². The second-order valence-corrected chi connectivity index (χ2v) is 5.08. The molecule has 2 unspecified atom stereocenters. The van der Waals surface area contributed by atoms with Crippen molar-refractivity contribution in [1.82, 2.24) is 10.2 Å². The lowest BCUT2D eigenvalue weighted by atomic mass is 10.2. The number of aliphatic carboxylic acids is 1. The summed E-state index contributed by atoms with van der Waals surface area (Å²) in [5.41, 5.74) is 0. The third-order valence-corrected chi connectivity index (χ3v) is 3.12. The Hall–Kier alpha value is -1.14. The lowest BCUT2D eigenvalue weighted by molar-refractivity contribution is -0.142. The number of hydrogen-bond donors (Lipinski definition) is 2. The Morgan fingerprint density at radius 3 is 2.89 bits per heavy atom. The zero-order valence-corrected chi connectivity index (χ0v) is 11.7. The van der Waals surface area contributed by atoms with Gasteiger partial charge in [-0.15, -0.1) is 0 Å². The first-order valence-electron chi connectivity index (χ1n) is 6.86. The van der Waals surface area contributed by atoms with E-state index in [9.17, 15) is 9.59 Å². The third kappa shape index (κ3) is 6.54. The minimum absolute atomic E-state index is 0.00285. The van der Waals surface area contributed by atoms with Crippen LogP contribution in [0.5, 0.6) is 0 Å². The predicted molar refractivity (Wildman–Crippen MR) is 70.9 cm³/mol. The second kappa shape index (κ2) is 8.12. The van der Waals surface area contributed by atoms with E-state index in [2.05, 4.69) is 12.2 Å². The highest BCUT2D eigenvalue weighted by Gasteiger charge is 2.24. The van der Waals surface area contributed by atoms with Crippen LogP contribution < -0.4 is 5.32 Å². The van der Waals surface area contributed by atoms with Gasteiger partial charge in [0.1, 0.15) is 0 Å². The van der Waals surface area contributed by atoms with Crippen LogP contribution >= 0.6 is 0 Å². The number of carboxylic acid groups (broad SMARTS) is 1. The zero-order chi connectivity index (χ0) is 14.3. The molecule has 1 heterocycles. The number of carboxylic acids is 1. The van der Waals surface area contributed by atoms with Gasteiger partial charge in [0.2, 0.25) is 5.91 Å². The van der Waals surface area contributed by atoms with E-state index in [-0.39, 0.29) is 24.5 Å². The number of rotatable bonds is 7. The molecule has 1 aliphatic heterocycles. The molecule has 2 N–H and O–H groups in total. The number of nitrogens with one attached hydrogen (secondary N) is 1. The molecule has 0 aromatic carbocycles. The smallest absolute Gasteiger partial charge is 0.306 e. The monoisotopic (exact) mass is 272 g/mol. The Kier molecular flexibility index (Phi) is 6.80. The maximum absolute atomic E-state index is 11.8. The molecule has 1 amide bonds. The number of carbonyl (C=O) groups excluding carboxylic acids is 1. The van der Waals surface area contributed by atoms with Crippen molar-refractivity contribution >= 4 is 11.9 Å². The average molecular weight is 272 g/mol. The van der Waals surface area contributed by atoms with Gasteiger partial charge in [0, 0.05) is 19.1 Å². The normalized spacial score (nSPS) is 21.9. The molecule has 0 radical (unpaired) electrons. The van der Waals surface area contributed by atoms with Crippen LogP contribution in [0.3, 0.4) is 0 Å². The van der Waals surface area contributed by atoms with Gasteiger partial charge in [-0.05, 0) is 13.3 Å². The molecule has 0 aromatic rings. The molecule has 6 heteroatoms. The fourth-order valence-electron chi connectivity index (χ4n) is 2.27. The van der Waals surface area contributed by atoms with Gasteiger partial charge >= 0.3 is 5.97 Å². The van der Waals surface area contributed by atoms with Crippen molar-refractivity contribution in [3.63, 3.8) is 0 Å². The summed E-state index contributed by atoms with van der Waals surface area (Å²) in [7, 11) is 0. The molecule has 6 nitrogen and oxygen atoms in total. The summed E-state index contributed by atoms with van der Waals surface area (Å²) in [6, 6.07) is 0.188. The van der Waals surface area contributed by atoms with Crippen molar-refractivity contribution in [1.29, 1.82) is 0 Å². The van der Waals surface area contributed by atoms with E-state index in [4.69, 9.17) is 9.84 Å². The molecular weight excluding hydrogens is 248 g/mol. The van der Waals surface area contributed by atoms with Crippen LogP contribution in [0.15, 0.2) is 0 Å². The van der Waals surface area contributed by atoms with E-state index in [0.29, 0.717) is 26.2 Å². The van der Waals surface area contributed by atoms with Gasteiger partial charge < -0.3 is 15.2 Å². The van der Waals surface area contributed by atoms with Crippen LogP contribution in [0.4, 0.5) is 0 Å². The highest BCUT2D eigenvalue weighted by atomic mass is 16.5. The van der Waals surface area contributed by atoms with Gasteiger partial charge in [-0.25, -0.2) is 0 Å². The second-order valence-electron chi connectivity index (χ2n) is 5.08. The maximum atomic E-state index is 11.8. The summed E-state index contributed by atoms with van der Waals surface area (Å²) in [6.07, 6.45) is 1.69. The van der Waals surface area contributed by atoms with Crippen molar-refractivity contribution < 1.29 is 19.4 Å². The number of ether oxygens (including phenoxy) is 1. The molecule has 1 saturated heterocycles. The summed E-state index contributed by atoms with van der Waals surface area (Å²) in [4.78, 5) is 24.4. The Balaban J connectivity index is 2.31. The topological polar surface area (TPSA) is 78.9 Å². The Labute approximate surface area is 114 Å². The van der Waals surface area contributed by atoms with Crippen molar-refractivity contribution in [3.8, 4) is 0 Å². The molecule has 0 saturated carbocycles. The summed E-state index contributed by atoms with van der Waals surface area (Å²) < 4.78 is 5.37. The van der Waals surface area contributed by atoms with Crippen LogP contribution in [0.2, 0.25) is 0 Å². The summed E-state index contributed by atoms with van der Waals surface area (Å²) in [6.45, 7) is 6.05. The van der Waals surface area contributed by atoms with Gasteiger partial charge in [-0.1, -0.05) is 13.3 Å². The van der Waals surface area contributed by atoms with E-state index in [1.807, 2.05) is 11.8 Å². The van der Waals surface area contributed by atoms with Gasteiger partial charge in [-0.3, -0.25) is 14.5 Å². The SMILES string of the molecule is CCCC(C)NC(=O)CN1CCOC(CC(=O)O)C1. The standard InChI is InChI=1S/C13H24N2O4/c1-3-4-10(2)14-12(16)9-15-5-6-19-11(8-15)7-13(17)18/h10-11H,3-9H2,1-2H3,(H,14,16)(H,17,18). The van der Waals surface area contributed by atoms with Gasteiger partial charge in [0.25, 0.3) is 0 Å². The third-order valence-electron chi connectivity index (χ3n) is 3.12.